The lowest BCUT2D eigenvalue weighted by atomic mass is 9.47. The Bertz CT molecular complexity index is 735. The number of esters is 1. The van der Waals surface area contributed by atoms with Gasteiger partial charge in [0.05, 0.1) is 5.92 Å². The van der Waals surface area contributed by atoms with Crippen molar-refractivity contribution in [1.29, 1.82) is 0 Å². The van der Waals surface area contributed by atoms with Crippen molar-refractivity contribution >= 4 is 5.97 Å². The van der Waals surface area contributed by atoms with Crippen LogP contribution in [0.25, 0.3) is 0 Å². The van der Waals surface area contributed by atoms with E-state index >= 15 is 0 Å². The fourth-order valence-electron chi connectivity index (χ4n) is 9.05. The average molecular weight is 457 g/mol. The molecule has 0 aromatic carbocycles. The maximum atomic E-state index is 12.2. The number of carbonyl (C=O) groups excluding carboxylic acids is 1. The second kappa shape index (κ2) is 9.69. The molecule has 0 amide bonds. The Balaban J connectivity index is 1.45. The van der Waals surface area contributed by atoms with Gasteiger partial charge in [0.1, 0.15) is 6.10 Å². The number of allylic oxidation sites excluding steroid dienone is 1. The van der Waals surface area contributed by atoms with Crippen LogP contribution in [0.4, 0.5) is 0 Å². The third-order valence-electron chi connectivity index (χ3n) is 11.0. The van der Waals surface area contributed by atoms with Gasteiger partial charge in [0.2, 0.25) is 0 Å². The van der Waals surface area contributed by atoms with Crippen molar-refractivity contribution in [2.75, 3.05) is 0 Å². The first-order valence-electron chi connectivity index (χ1n) is 14.5. The SMILES string of the molecule is CC(C)CCCC(C)C1CCC2C3CC=C4C[C@@H](OC(=O)C(C)C)CC[C@]4(C)C3CC[C@]12C. The van der Waals surface area contributed by atoms with Crippen LogP contribution in [0.2, 0.25) is 0 Å². The quantitative estimate of drug-likeness (QED) is 0.283. The van der Waals surface area contributed by atoms with Gasteiger partial charge in [-0.15, -0.1) is 0 Å². The van der Waals surface area contributed by atoms with Gasteiger partial charge in [-0.05, 0) is 91.3 Å². The van der Waals surface area contributed by atoms with E-state index in [2.05, 4.69) is 40.7 Å². The molecule has 0 aromatic heterocycles. The molecule has 4 rings (SSSR count). The lowest BCUT2D eigenvalue weighted by molar-refractivity contribution is -0.155. The van der Waals surface area contributed by atoms with Crippen molar-refractivity contribution in [1.82, 2.24) is 0 Å². The minimum absolute atomic E-state index is 0.0224. The smallest absolute Gasteiger partial charge is 0.308 e. The molecule has 188 valence electrons. The summed E-state index contributed by atoms with van der Waals surface area (Å²) in [5, 5.41) is 0. The Kier molecular flexibility index (Phi) is 7.43. The first kappa shape index (κ1) is 25.3. The van der Waals surface area contributed by atoms with Crippen molar-refractivity contribution in [2.24, 2.45) is 52.3 Å². The number of hydrogen-bond acceptors (Lipinski definition) is 2. The third kappa shape index (κ3) is 4.71. The maximum Gasteiger partial charge on any atom is 0.308 e. The van der Waals surface area contributed by atoms with Crippen LogP contribution < -0.4 is 0 Å². The standard InChI is InChI=1S/C31H52O2/c1-20(2)9-8-10-22(5)26-13-14-27-25-12-11-23-19-24(33-29(32)21(3)4)15-17-30(23,6)28(25)16-18-31(26,27)7/h11,20-22,24-28H,8-10,12-19H2,1-7H3/t22?,24-,25?,26?,27?,28?,30-,31+/m0/s1. The first-order valence-corrected chi connectivity index (χ1v) is 14.5. The average Bonchev–Trinajstić information content (AvgIpc) is 3.11. The molecule has 2 heteroatoms. The lowest BCUT2D eigenvalue weighted by Gasteiger charge is -2.58. The zero-order chi connectivity index (χ0) is 24.0. The third-order valence-corrected chi connectivity index (χ3v) is 11.0. The van der Waals surface area contributed by atoms with E-state index in [-0.39, 0.29) is 18.0 Å². The molecule has 0 aromatic rings. The molecule has 3 saturated carbocycles. The van der Waals surface area contributed by atoms with E-state index in [1.165, 1.54) is 57.8 Å². The lowest BCUT2D eigenvalue weighted by Crippen LogP contribution is -2.51. The molecular weight excluding hydrogens is 404 g/mol. The molecular formula is C31H52O2. The zero-order valence-electron chi connectivity index (χ0n) is 22.8. The van der Waals surface area contributed by atoms with Crippen molar-refractivity contribution in [2.45, 2.75) is 125 Å². The van der Waals surface area contributed by atoms with Crippen molar-refractivity contribution < 1.29 is 9.53 Å². The highest BCUT2D eigenvalue weighted by molar-refractivity contribution is 5.71. The van der Waals surface area contributed by atoms with E-state index in [1.54, 1.807) is 5.57 Å². The summed E-state index contributed by atoms with van der Waals surface area (Å²) in [5.74, 6) is 5.24. The van der Waals surface area contributed by atoms with Gasteiger partial charge in [0.25, 0.3) is 0 Å². The van der Waals surface area contributed by atoms with Gasteiger partial charge >= 0.3 is 5.97 Å². The van der Waals surface area contributed by atoms with Crippen LogP contribution in [0.15, 0.2) is 11.6 Å². The first-order chi connectivity index (χ1) is 15.6. The topological polar surface area (TPSA) is 26.3 Å². The molecule has 3 fully saturated rings. The van der Waals surface area contributed by atoms with Crippen LogP contribution in [-0.4, -0.2) is 12.1 Å². The van der Waals surface area contributed by atoms with E-state index in [0.29, 0.717) is 10.8 Å². The van der Waals surface area contributed by atoms with E-state index in [0.717, 1.165) is 48.3 Å². The number of hydrogen-bond donors (Lipinski definition) is 0. The number of fused-ring (bicyclic) bond motifs is 5. The van der Waals surface area contributed by atoms with Crippen LogP contribution in [0.1, 0.15) is 119 Å². The summed E-state index contributed by atoms with van der Waals surface area (Å²) in [6.45, 7) is 16.5. The normalized spacial score (nSPS) is 41.2. The zero-order valence-corrected chi connectivity index (χ0v) is 22.8. The summed E-state index contributed by atoms with van der Waals surface area (Å²) in [6, 6.07) is 0. The van der Waals surface area contributed by atoms with Crippen molar-refractivity contribution in [3.63, 3.8) is 0 Å². The molecule has 4 aliphatic carbocycles. The Labute approximate surface area is 204 Å². The largest absolute Gasteiger partial charge is 0.462 e. The second-order valence-corrected chi connectivity index (χ2v) is 13.7. The summed E-state index contributed by atoms with van der Waals surface area (Å²) in [4.78, 5) is 12.2. The summed E-state index contributed by atoms with van der Waals surface area (Å²) in [6.07, 6.45) is 17.2. The maximum absolute atomic E-state index is 12.2. The molecule has 8 atom stereocenters. The Morgan fingerprint density at radius 3 is 2.45 bits per heavy atom. The van der Waals surface area contributed by atoms with E-state index in [4.69, 9.17) is 4.74 Å². The molecule has 0 heterocycles. The molecule has 0 N–H and O–H groups in total. The van der Waals surface area contributed by atoms with Gasteiger partial charge in [0.15, 0.2) is 0 Å². The molecule has 0 saturated heterocycles. The predicted octanol–water partition coefficient (Wildman–Crippen LogP) is 8.60. The molecule has 5 unspecified atom stereocenters. The summed E-state index contributed by atoms with van der Waals surface area (Å²) < 4.78 is 5.88. The second-order valence-electron chi connectivity index (χ2n) is 13.7. The van der Waals surface area contributed by atoms with Crippen LogP contribution >= 0.6 is 0 Å². The van der Waals surface area contributed by atoms with Gasteiger partial charge in [-0.3, -0.25) is 4.79 Å². The van der Waals surface area contributed by atoms with Crippen LogP contribution in [0.3, 0.4) is 0 Å². The van der Waals surface area contributed by atoms with Crippen LogP contribution in [0.5, 0.6) is 0 Å². The number of carbonyl (C=O) groups is 1. The Morgan fingerprint density at radius 2 is 1.76 bits per heavy atom. The predicted molar refractivity (Wildman–Crippen MR) is 138 cm³/mol. The summed E-state index contributed by atoms with van der Waals surface area (Å²) in [7, 11) is 0. The van der Waals surface area contributed by atoms with E-state index < -0.39 is 0 Å². The van der Waals surface area contributed by atoms with Gasteiger partial charge in [-0.1, -0.05) is 79.4 Å². The highest BCUT2D eigenvalue weighted by atomic mass is 16.5. The van der Waals surface area contributed by atoms with Crippen LogP contribution in [0, 0.1) is 52.3 Å². The highest BCUT2D eigenvalue weighted by Crippen LogP contribution is 2.67. The fourth-order valence-corrected chi connectivity index (χ4v) is 9.05. The molecule has 0 aliphatic heterocycles. The number of rotatable bonds is 7. The molecule has 0 bridgehead atoms. The number of ether oxygens (including phenoxy) is 1. The Hall–Kier alpha value is -0.790. The van der Waals surface area contributed by atoms with Crippen molar-refractivity contribution in [3.8, 4) is 0 Å². The molecule has 4 aliphatic rings. The van der Waals surface area contributed by atoms with Gasteiger partial charge in [0, 0.05) is 6.42 Å². The van der Waals surface area contributed by atoms with Crippen molar-refractivity contribution in [3.05, 3.63) is 11.6 Å². The highest BCUT2D eigenvalue weighted by Gasteiger charge is 2.59. The van der Waals surface area contributed by atoms with Gasteiger partial charge in [-0.2, -0.15) is 0 Å². The monoisotopic (exact) mass is 456 g/mol. The van der Waals surface area contributed by atoms with E-state index in [9.17, 15) is 4.79 Å². The van der Waals surface area contributed by atoms with Gasteiger partial charge in [-0.25, -0.2) is 0 Å². The van der Waals surface area contributed by atoms with Crippen LogP contribution in [-0.2, 0) is 9.53 Å². The molecule has 0 spiro atoms. The molecule has 33 heavy (non-hydrogen) atoms. The Morgan fingerprint density at radius 1 is 1.00 bits per heavy atom. The minimum Gasteiger partial charge on any atom is -0.462 e. The van der Waals surface area contributed by atoms with E-state index in [1.807, 2.05) is 13.8 Å². The molecule has 2 nitrogen and oxygen atoms in total. The van der Waals surface area contributed by atoms with Gasteiger partial charge < -0.3 is 4.74 Å². The molecule has 0 radical (unpaired) electrons. The summed E-state index contributed by atoms with van der Waals surface area (Å²) >= 11 is 0. The summed E-state index contributed by atoms with van der Waals surface area (Å²) in [5.41, 5.74) is 2.52. The minimum atomic E-state index is -0.0258. The fraction of sp³-hybridized carbons (Fsp3) is 0.903.